The van der Waals surface area contributed by atoms with Crippen molar-refractivity contribution >= 4 is 59.6 Å². The number of hydrogen-bond donors (Lipinski definition) is 8. The van der Waals surface area contributed by atoms with Gasteiger partial charge >= 0.3 is 0 Å². The fraction of sp³-hybridized carbons (Fsp3) is 0.800. The van der Waals surface area contributed by atoms with Gasteiger partial charge in [0, 0.05) is 32.1 Å². The maximum absolute atomic E-state index is 14.6. The Kier molecular flexibility index (Phi) is 32.1. The van der Waals surface area contributed by atoms with E-state index in [0.29, 0.717) is 45.2 Å². The Labute approximate surface area is 486 Å². The van der Waals surface area contributed by atoms with Gasteiger partial charge < -0.3 is 57.2 Å². The van der Waals surface area contributed by atoms with Crippen LogP contribution in [0.1, 0.15) is 201 Å². The second-order valence-corrected chi connectivity index (χ2v) is 25.6. The molecule has 0 aromatic rings. The van der Waals surface area contributed by atoms with Crippen LogP contribution < -0.4 is 42.5 Å². The summed E-state index contributed by atoms with van der Waals surface area (Å²) in [5, 5.41) is 22.3. The Morgan fingerprint density at radius 1 is 0.605 bits per heavy atom. The lowest BCUT2D eigenvalue weighted by Crippen LogP contribution is -2.65. The highest BCUT2D eigenvalue weighted by Crippen LogP contribution is 2.26. The molecule has 8 N–H and O–H groups in total. The number of carbonyl (C=O) groups excluding carboxylic acids is 10. The molecule has 1 aliphatic rings. The number of nitrogens with one attached hydrogen (secondary N) is 8. The summed E-state index contributed by atoms with van der Waals surface area (Å²) in [5.74, 6) is -5.09. The van der Waals surface area contributed by atoms with Gasteiger partial charge in [-0.3, -0.25) is 47.9 Å². The predicted octanol–water partition coefficient (Wildman–Crippen LogP) is 4.96. The van der Waals surface area contributed by atoms with Crippen LogP contribution in [-0.2, 0) is 47.9 Å². The molecule has 0 aromatic carbocycles. The quantitative estimate of drug-likeness (QED) is 0.0232. The van der Waals surface area contributed by atoms with Gasteiger partial charge in [-0.15, -0.1) is 0 Å². The topological polar surface area (TPSA) is 277 Å². The largest absolute Gasteiger partial charge is 0.354 e. The molecule has 81 heavy (non-hydrogen) atoms. The van der Waals surface area contributed by atoms with Gasteiger partial charge in [0.2, 0.25) is 59.6 Å². The Morgan fingerprint density at radius 2 is 1.10 bits per heavy atom. The smallest absolute Gasteiger partial charge is 0.247 e. The maximum Gasteiger partial charge on any atom is 0.247 e. The molecule has 1 fully saturated rings. The van der Waals surface area contributed by atoms with E-state index in [1.807, 2.05) is 87.4 Å². The van der Waals surface area contributed by atoms with E-state index in [9.17, 15) is 47.9 Å². The number of likely N-dealkylation sites (tertiary alicyclic amines) is 1. The first-order chi connectivity index (χ1) is 37.6. The van der Waals surface area contributed by atoms with Crippen LogP contribution in [0.2, 0.25) is 0 Å². The molecule has 1 saturated heterocycles. The molecule has 10 amide bonds. The number of nitrogens with zero attached hydrogens (tertiary/aromatic N) is 3. The fourth-order valence-electron chi connectivity index (χ4n) is 9.52. The summed E-state index contributed by atoms with van der Waals surface area (Å²) < 4.78 is 0. The third-order valence-corrected chi connectivity index (χ3v) is 14.4. The number of rotatable bonds is 38. The molecule has 1 rings (SSSR count). The van der Waals surface area contributed by atoms with E-state index in [-0.39, 0.29) is 73.8 Å². The van der Waals surface area contributed by atoms with Crippen molar-refractivity contribution in [3.05, 3.63) is 12.2 Å². The van der Waals surface area contributed by atoms with Crippen molar-refractivity contribution < 1.29 is 47.9 Å². The highest BCUT2D eigenvalue weighted by atomic mass is 16.2. The minimum Gasteiger partial charge on any atom is -0.354 e. The van der Waals surface area contributed by atoms with Crippen LogP contribution in [0.4, 0.5) is 0 Å². The summed E-state index contributed by atoms with van der Waals surface area (Å²) in [7, 11) is 3.80. The van der Waals surface area contributed by atoms with Crippen LogP contribution in [0.3, 0.4) is 0 Å². The third kappa shape index (κ3) is 26.9. The van der Waals surface area contributed by atoms with E-state index in [1.165, 1.54) is 46.4 Å². The molecule has 0 spiro atoms. The number of hydrogen-bond acceptors (Lipinski definition) is 11. The zero-order valence-electron chi connectivity index (χ0n) is 53.0. The molecule has 0 saturated carbocycles. The van der Waals surface area contributed by atoms with Crippen LogP contribution >= 0.6 is 0 Å². The molecule has 0 aliphatic carbocycles. The molecular formula is C60H109N11O10. The summed E-state index contributed by atoms with van der Waals surface area (Å²) in [5.41, 5.74) is -4.66. The van der Waals surface area contributed by atoms with Crippen LogP contribution in [-0.4, -0.2) is 161 Å². The lowest BCUT2D eigenvalue weighted by molar-refractivity contribution is -0.144. The fourth-order valence-corrected chi connectivity index (χ4v) is 9.52. The van der Waals surface area contributed by atoms with Crippen molar-refractivity contribution in [2.75, 3.05) is 33.7 Å². The van der Waals surface area contributed by atoms with Gasteiger partial charge in [0.15, 0.2) is 0 Å². The molecular weight excluding hydrogens is 1030 g/mol. The Morgan fingerprint density at radius 3 is 1.60 bits per heavy atom. The summed E-state index contributed by atoms with van der Waals surface area (Å²) >= 11 is 0. The number of unbranched alkanes of at least 4 members (excludes halogenated alkanes) is 5. The van der Waals surface area contributed by atoms with Crippen molar-refractivity contribution in [3.63, 3.8) is 0 Å². The van der Waals surface area contributed by atoms with Crippen molar-refractivity contribution in [2.45, 2.75) is 254 Å². The average molecular weight is 1140 g/mol. The van der Waals surface area contributed by atoms with Crippen LogP contribution in [0.25, 0.3) is 0 Å². The number of carbonyl (C=O) groups is 10. The van der Waals surface area contributed by atoms with Crippen molar-refractivity contribution in [3.8, 4) is 0 Å². The number of amides is 10. The molecule has 0 bridgehead atoms. The standard InChI is InChI=1S/C60H109N11O10/c1-19-21-22-23-24-25-27-47(71(38-72)49-28-26-33-70(49)50(74)30-29-42(9)20-2)54(78)64-46(36-41(7)8)53(77)66-59(13,14)56(80)65-44(34-39(3)4)51(75)63-45(35-40(5)6)52(76)67-60(15,16)57(81)68-58(11,12)55(79)61-32-31-48(73)62-43(10)37-69(17)18/h29-30,38-47,49H,19-28,31-37H2,1-18H3,(H,61,79)(H,62,73)(H,63,75)(H,64,78)(H,65,80)(H,66,77)(H,67,76)(H,68,81)/b30-29+/t42-,43-,44-,45-,46-,47-,49+/m0/s1. The maximum atomic E-state index is 14.6. The first kappa shape index (κ1) is 73.4. The molecule has 7 atom stereocenters. The van der Waals surface area contributed by atoms with Gasteiger partial charge in [0.1, 0.15) is 46.9 Å². The van der Waals surface area contributed by atoms with E-state index in [2.05, 4.69) is 49.5 Å². The molecule has 0 radical (unpaired) electrons. The van der Waals surface area contributed by atoms with Crippen LogP contribution in [0.5, 0.6) is 0 Å². The van der Waals surface area contributed by atoms with Crippen molar-refractivity contribution in [2.24, 2.45) is 23.7 Å². The second kappa shape index (κ2) is 35.4. The highest BCUT2D eigenvalue weighted by Gasteiger charge is 2.42. The van der Waals surface area contributed by atoms with Crippen LogP contribution in [0, 0.1) is 23.7 Å². The molecule has 0 aromatic heterocycles. The zero-order valence-corrected chi connectivity index (χ0v) is 53.0. The van der Waals surface area contributed by atoms with Gasteiger partial charge in [-0.05, 0) is 131 Å². The molecule has 464 valence electrons. The summed E-state index contributed by atoms with van der Waals surface area (Å²) in [6.45, 7) is 29.3. The van der Waals surface area contributed by atoms with Crippen molar-refractivity contribution in [1.82, 2.24) is 57.2 Å². The molecule has 1 heterocycles. The van der Waals surface area contributed by atoms with Gasteiger partial charge in [-0.2, -0.15) is 0 Å². The second-order valence-electron chi connectivity index (χ2n) is 25.6. The molecule has 21 nitrogen and oxygen atoms in total. The SMILES string of the molecule is CCCCCCCC[C@@H](C(=O)N[C@@H](CC(C)C)C(=O)NC(C)(C)C(=O)N[C@@H](CC(C)C)C(=O)N[C@@H](CC(C)C)C(=O)NC(C)(C)C(=O)NC(C)(C)C(=O)NCCC(=O)N[C@@H](C)CN(C)C)N(C=O)[C@@H]1CCCN1C(=O)/C=C/[C@@H](C)CC. The van der Waals surface area contributed by atoms with E-state index in [1.54, 1.807) is 11.0 Å². The van der Waals surface area contributed by atoms with Crippen LogP contribution in [0.15, 0.2) is 12.2 Å². The Bertz CT molecular complexity index is 2090. The lowest BCUT2D eigenvalue weighted by atomic mass is 9.96. The molecule has 0 unspecified atom stereocenters. The average Bonchev–Trinajstić information content (AvgIpc) is 3.84. The van der Waals surface area contributed by atoms with Crippen molar-refractivity contribution in [1.29, 1.82) is 0 Å². The summed E-state index contributed by atoms with van der Waals surface area (Å²) in [6.07, 6.45) is 11.9. The minimum absolute atomic E-state index is 0.0296. The summed E-state index contributed by atoms with van der Waals surface area (Å²) in [6, 6.07) is -4.54. The Hall–Kier alpha value is -5.60. The van der Waals surface area contributed by atoms with Gasteiger partial charge in [-0.1, -0.05) is 113 Å². The normalized spacial score (nSPS) is 16.3. The first-order valence-corrected chi connectivity index (χ1v) is 29.9. The van der Waals surface area contributed by atoms with E-state index in [0.717, 1.165) is 38.5 Å². The number of allylic oxidation sites excluding steroid dienone is 1. The highest BCUT2D eigenvalue weighted by molar-refractivity contribution is 5.99. The van der Waals surface area contributed by atoms with Gasteiger partial charge in [0.25, 0.3) is 0 Å². The van der Waals surface area contributed by atoms with E-state index < -0.39 is 88.3 Å². The predicted molar refractivity (Wildman–Crippen MR) is 318 cm³/mol. The Balaban J connectivity index is 3.33. The van der Waals surface area contributed by atoms with Gasteiger partial charge in [-0.25, -0.2) is 0 Å². The minimum atomic E-state index is -1.64. The van der Waals surface area contributed by atoms with E-state index in [4.69, 9.17) is 0 Å². The molecule has 21 heteroatoms. The first-order valence-electron chi connectivity index (χ1n) is 29.9. The molecule has 1 aliphatic heterocycles. The summed E-state index contributed by atoms with van der Waals surface area (Å²) in [4.78, 5) is 143. The number of likely N-dealkylation sites (N-methyl/N-ethyl adjacent to an activating group) is 1. The lowest BCUT2D eigenvalue weighted by Gasteiger charge is -2.38. The zero-order chi connectivity index (χ0) is 62.0. The van der Waals surface area contributed by atoms with Gasteiger partial charge in [0.05, 0.1) is 0 Å². The monoisotopic (exact) mass is 1140 g/mol. The van der Waals surface area contributed by atoms with E-state index >= 15 is 0 Å². The third-order valence-electron chi connectivity index (χ3n) is 14.4.